The highest BCUT2D eigenvalue weighted by Gasteiger charge is 2.44. The lowest BCUT2D eigenvalue weighted by molar-refractivity contribution is -0.122. The number of amides is 1. The Morgan fingerprint density at radius 3 is 2.96 bits per heavy atom. The van der Waals surface area contributed by atoms with Crippen LogP contribution in [0.4, 0.5) is 0 Å². The van der Waals surface area contributed by atoms with Gasteiger partial charge >= 0.3 is 0 Å². The number of H-pyrrole nitrogens is 1. The average Bonchev–Trinajstić information content (AvgIpc) is 3.36. The fourth-order valence-electron chi connectivity index (χ4n) is 3.87. The maximum absolute atomic E-state index is 11.5. The topological polar surface area (TPSA) is 98.8 Å². The molecular weight excluding hydrogens is 318 g/mol. The Morgan fingerprint density at radius 2 is 2.28 bits per heavy atom. The van der Waals surface area contributed by atoms with Gasteiger partial charge < -0.3 is 15.5 Å². The van der Waals surface area contributed by atoms with Crippen LogP contribution in [0.1, 0.15) is 12.0 Å². The lowest BCUT2D eigenvalue weighted by Gasteiger charge is -2.15. The normalized spacial score (nSPS) is 24.8. The number of hydrogen-bond acceptors (Lipinski definition) is 4. The van der Waals surface area contributed by atoms with E-state index < -0.39 is 0 Å². The molecule has 2 aliphatic rings. The summed E-state index contributed by atoms with van der Waals surface area (Å²) in [6.45, 7) is 0. The van der Waals surface area contributed by atoms with Crippen LogP contribution in [0.5, 0.6) is 0 Å². The van der Waals surface area contributed by atoms with Gasteiger partial charge in [-0.2, -0.15) is 5.10 Å². The van der Waals surface area contributed by atoms with E-state index in [9.17, 15) is 4.79 Å². The molecule has 1 saturated heterocycles. The van der Waals surface area contributed by atoms with Crippen LogP contribution in [0.25, 0.3) is 27.7 Å². The number of rotatable bonds is 3. The van der Waals surface area contributed by atoms with E-state index in [1.165, 1.54) is 0 Å². The molecular formula is C18H17N5O2. The van der Waals surface area contributed by atoms with Crippen molar-refractivity contribution in [1.29, 1.82) is 0 Å². The number of primary amides is 1. The van der Waals surface area contributed by atoms with Gasteiger partial charge in [-0.15, -0.1) is 0 Å². The first-order valence-corrected chi connectivity index (χ1v) is 8.23. The highest BCUT2D eigenvalue weighted by molar-refractivity contribution is 5.95. The Labute approximate surface area is 143 Å². The summed E-state index contributed by atoms with van der Waals surface area (Å²) < 4.78 is 7.66. The number of nitrogens with two attached hydrogens (primary N) is 1. The summed E-state index contributed by atoms with van der Waals surface area (Å²) in [7, 11) is 1.90. The average molecular weight is 335 g/mol. The maximum Gasteiger partial charge on any atom is 0.223 e. The smallest absolute Gasteiger partial charge is 0.223 e. The molecule has 7 heteroatoms. The van der Waals surface area contributed by atoms with Crippen molar-refractivity contribution in [3.05, 3.63) is 42.5 Å². The quantitative estimate of drug-likeness (QED) is 0.760. The van der Waals surface area contributed by atoms with Gasteiger partial charge in [0.05, 0.1) is 24.3 Å². The molecule has 2 aliphatic heterocycles. The number of pyridine rings is 1. The van der Waals surface area contributed by atoms with E-state index >= 15 is 0 Å². The lowest BCUT2D eigenvalue weighted by Crippen LogP contribution is -2.30. The van der Waals surface area contributed by atoms with E-state index in [1.54, 1.807) is 4.68 Å². The monoisotopic (exact) mass is 335 g/mol. The largest absolute Gasteiger partial charge is 0.369 e. The fraction of sp³-hybridized carbons (Fsp3) is 0.278. The number of fused-ring (bicyclic) bond motifs is 3. The standard InChI is InChI=1S/C18H17N5O2/c1-23-8-10(6-22-23)14-7-21-18-12(14)2-9(5-20-18)11-3-16-13(17(19)24)4-15(11)25-16/h2-3,5-8,13,15-16H,4H2,1H3,(H2,19,24)(H,20,21)/t13?,15-,16-/m1/s1. The van der Waals surface area contributed by atoms with Crippen LogP contribution in [-0.2, 0) is 16.6 Å². The summed E-state index contributed by atoms with van der Waals surface area (Å²) in [4.78, 5) is 19.2. The van der Waals surface area contributed by atoms with Crippen molar-refractivity contribution in [3.63, 3.8) is 0 Å². The molecule has 0 aromatic carbocycles. The van der Waals surface area contributed by atoms with Gasteiger partial charge in [0.25, 0.3) is 0 Å². The van der Waals surface area contributed by atoms with Gasteiger partial charge in [0.2, 0.25) is 5.91 Å². The van der Waals surface area contributed by atoms with Gasteiger partial charge in [0.15, 0.2) is 0 Å². The van der Waals surface area contributed by atoms with Crippen LogP contribution in [0.2, 0.25) is 0 Å². The molecule has 1 unspecified atom stereocenters. The third-order valence-electron chi connectivity index (χ3n) is 5.12. The molecule has 3 aromatic rings. The van der Waals surface area contributed by atoms with Gasteiger partial charge in [-0.05, 0) is 29.7 Å². The zero-order chi connectivity index (χ0) is 17.1. The van der Waals surface area contributed by atoms with Gasteiger partial charge in [0, 0.05) is 42.2 Å². The molecule has 0 aliphatic carbocycles. The molecule has 2 bridgehead atoms. The molecule has 1 amide bonds. The van der Waals surface area contributed by atoms with Crippen molar-refractivity contribution in [2.75, 3.05) is 0 Å². The van der Waals surface area contributed by atoms with E-state index in [2.05, 4.69) is 21.1 Å². The Kier molecular flexibility index (Phi) is 2.90. The summed E-state index contributed by atoms with van der Waals surface area (Å²) in [5.41, 5.74) is 10.5. The second-order valence-electron chi connectivity index (χ2n) is 6.68. The lowest BCUT2D eigenvalue weighted by atomic mass is 9.86. The summed E-state index contributed by atoms with van der Waals surface area (Å²) in [6.07, 6.45) is 9.99. The van der Waals surface area contributed by atoms with Crippen LogP contribution in [0.3, 0.4) is 0 Å². The Hall–Kier alpha value is -2.93. The summed E-state index contributed by atoms with van der Waals surface area (Å²) >= 11 is 0. The van der Waals surface area contributed by atoms with Crippen molar-refractivity contribution < 1.29 is 9.53 Å². The van der Waals surface area contributed by atoms with E-state index in [0.717, 1.165) is 33.3 Å². The number of aryl methyl sites for hydroxylation is 1. The van der Waals surface area contributed by atoms with Crippen molar-refractivity contribution in [2.24, 2.45) is 18.7 Å². The Morgan fingerprint density at radius 1 is 1.40 bits per heavy atom. The third-order valence-corrected chi connectivity index (χ3v) is 5.12. The first kappa shape index (κ1) is 14.4. The molecule has 5 rings (SSSR count). The maximum atomic E-state index is 11.5. The first-order valence-electron chi connectivity index (χ1n) is 8.23. The minimum atomic E-state index is -0.291. The second kappa shape index (κ2) is 5.03. The van der Waals surface area contributed by atoms with Crippen molar-refractivity contribution in [2.45, 2.75) is 18.6 Å². The molecule has 0 radical (unpaired) electrons. The summed E-state index contributed by atoms with van der Waals surface area (Å²) in [6, 6.07) is 2.12. The molecule has 3 N–H and O–H groups in total. The minimum Gasteiger partial charge on any atom is -0.369 e. The third kappa shape index (κ3) is 2.12. The number of ether oxygens (including phenoxy) is 1. The number of hydrogen-bond donors (Lipinski definition) is 2. The van der Waals surface area contributed by atoms with Gasteiger partial charge in [0.1, 0.15) is 5.65 Å². The number of nitrogens with one attached hydrogen (secondary N) is 1. The first-order chi connectivity index (χ1) is 12.1. The predicted octanol–water partition coefficient (Wildman–Crippen LogP) is 1.62. The molecule has 0 spiro atoms. The van der Waals surface area contributed by atoms with Gasteiger partial charge in [-0.25, -0.2) is 4.98 Å². The molecule has 3 atom stereocenters. The molecule has 5 heterocycles. The van der Waals surface area contributed by atoms with Crippen LogP contribution in [-0.4, -0.2) is 37.9 Å². The zero-order valence-electron chi connectivity index (χ0n) is 13.6. The fourth-order valence-corrected chi connectivity index (χ4v) is 3.87. The van der Waals surface area contributed by atoms with E-state index in [-0.39, 0.29) is 24.0 Å². The predicted molar refractivity (Wildman–Crippen MR) is 92.2 cm³/mol. The van der Waals surface area contributed by atoms with Crippen molar-refractivity contribution >= 4 is 22.5 Å². The molecule has 0 saturated carbocycles. The molecule has 126 valence electrons. The number of nitrogens with zero attached hydrogens (tertiary/aromatic N) is 3. The van der Waals surface area contributed by atoms with E-state index in [0.29, 0.717) is 6.42 Å². The van der Waals surface area contributed by atoms with E-state index in [1.807, 2.05) is 37.9 Å². The number of carbonyl (C=O) groups excluding carboxylic acids is 1. The SMILES string of the molecule is Cn1cc(-c2c[nH]c3ncc(C4=C[C@H]5O[C@@H]4CC5C(N)=O)cc23)cn1. The highest BCUT2D eigenvalue weighted by atomic mass is 16.5. The summed E-state index contributed by atoms with van der Waals surface area (Å²) in [5, 5.41) is 5.28. The minimum absolute atomic E-state index is 0.0810. The molecule has 25 heavy (non-hydrogen) atoms. The van der Waals surface area contributed by atoms with Crippen molar-refractivity contribution in [3.8, 4) is 11.1 Å². The van der Waals surface area contributed by atoms with Crippen LogP contribution in [0.15, 0.2) is 36.9 Å². The Balaban J connectivity index is 1.57. The number of aromatic nitrogens is 4. The van der Waals surface area contributed by atoms with Gasteiger partial charge in [-0.3, -0.25) is 9.48 Å². The van der Waals surface area contributed by atoms with Crippen LogP contribution < -0.4 is 5.73 Å². The molecule has 1 fully saturated rings. The molecule has 3 aromatic heterocycles. The number of aromatic amines is 1. The van der Waals surface area contributed by atoms with Crippen molar-refractivity contribution in [1.82, 2.24) is 19.7 Å². The molecule has 7 nitrogen and oxygen atoms in total. The zero-order valence-corrected chi connectivity index (χ0v) is 13.6. The Bertz CT molecular complexity index is 1030. The highest BCUT2D eigenvalue weighted by Crippen LogP contribution is 2.43. The second-order valence-corrected chi connectivity index (χ2v) is 6.68. The van der Waals surface area contributed by atoms with Crippen LogP contribution >= 0.6 is 0 Å². The van der Waals surface area contributed by atoms with E-state index in [4.69, 9.17) is 10.5 Å². The van der Waals surface area contributed by atoms with Crippen LogP contribution in [0, 0.1) is 5.92 Å². The van der Waals surface area contributed by atoms with Gasteiger partial charge in [-0.1, -0.05) is 0 Å². The summed E-state index contributed by atoms with van der Waals surface area (Å²) in [5.74, 6) is -0.510. The number of carbonyl (C=O) groups is 1.